The molecule has 156 valence electrons. The lowest BCUT2D eigenvalue weighted by Crippen LogP contribution is -2.38. The minimum Gasteiger partial charge on any atom is -0.394 e. The van der Waals surface area contributed by atoms with Gasteiger partial charge in [-0.1, -0.05) is 42.5 Å². The molecule has 9 heteroatoms. The van der Waals surface area contributed by atoms with Crippen LogP contribution in [-0.4, -0.2) is 55.5 Å². The Balaban J connectivity index is 0.00000300. The van der Waals surface area contributed by atoms with Gasteiger partial charge in [0.05, 0.1) is 37.2 Å². The number of nitrogens with zero attached hydrogens (tertiary/aromatic N) is 4. The fraction of sp³-hybridized carbons (Fsp3) is 0.684. The molecule has 0 aliphatic heterocycles. The molecule has 2 atom stereocenters. The van der Waals surface area contributed by atoms with Crippen molar-refractivity contribution in [3.8, 4) is 0 Å². The first-order valence-electron chi connectivity index (χ1n) is 10.0. The lowest BCUT2D eigenvalue weighted by molar-refractivity contribution is 0.0871. The summed E-state index contributed by atoms with van der Waals surface area (Å²) in [6.45, 7) is -0.289. The van der Waals surface area contributed by atoms with Crippen molar-refractivity contribution in [3.63, 3.8) is 0 Å². The Labute approximate surface area is 165 Å². The minimum atomic E-state index is -0.447. The Morgan fingerprint density at radius 1 is 1.29 bits per heavy atom. The van der Waals surface area contributed by atoms with Gasteiger partial charge >= 0.3 is 0 Å². The Morgan fingerprint density at radius 2 is 2.11 bits per heavy atom. The molecule has 1 aliphatic rings. The smallest absolute Gasteiger partial charge is 0.290 e. The van der Waals surface area contributed by atoms with Crippen LogP contribution >= 0.6 is 0 Å². The molecule has 3 rings (SSSR count). The highest BCUT2D eigenvalue weighted by Crippen LogP contribution is 2.26. The van der Waals surface area contributed by atoms with Crippen molar-refractivity contribution in [2.24, 2.45) is 5.92 Å². The minimum absolute atomic E-state index is 0. The summed E-state index contributed by atoms with van der Waals surface area (Å²) in [4.78, 5) is 12.0. The summed E-state index contributed by atoms with van der Waals surface area (Å²) in [6, 6.07) is 0.768. The summed E-state index contributed by atoms with van der Waals surface area (Å²) >= 11 is 0. The third kappa shape index (κ3) is 5.62. The average molecular weight is 393 g/mol. The van der Waals surface area contributed by atoms with E-state index in [-0.39, 0.29) is 26.4 Å². The number of aliphatic hydroxyl groups excluding tert-OH is 2. The quantitative estimate of drug-likeness (QED) is 0.561. The molecule has 1 aliphatic carbocycles. The Kier molecular flexibility index (Phi) is 7.55. The number of hydrogen-bond donors (Lipinski definition) is 3. The summed E-state index contributed by atoms with van der Waals surface area (Å²) in [6.07, 6.45) is 11.7. The van der Waals surface area contributed by atoms with Crippen LogP contribution in [0.2, 0.25) is 0 Å². The van der Waals surface area contributed by atoms with Gasteiger partial charge in [-0.15, -0.1) is 5.10 Å². The van der Waals surface area contributed by atoms with Gasteiger partial charge in [-0.05, 0) is 25.2 Å². The predicted molar refractivity (Wildman–Crippen MR) is 103 cm³/mol. The van der Waals surface area contributed by atoms with E-state index in [1.54, 1.807) is 4.68 Å². The van der Waals surface area contributed by atoms with Crippen molar-refractivity contribution < 1.29 is 21.0 Å². The van der Waals surface area contributed by atoms with Crippen LogP contribution in [0.4, 0.5) is 0 Å². The van der Waals surface area contributed by atoms with E-state index in [9.17, 15) is 15.0 Å². The van der Waals surface area contributed by atoms with Gasteiger partial charge in [0, 0.05) is 13.7 Å². The second-order valence-corrected chi connectivity index (χ2v) is 7.54. The number of hydrogen-bond acceptors (Lipinski definition) is 7. The molecule has 0 spiro atoms. The average Bonchev–Trinajstić information content (AvgIpc) is 3.41. The molecule has 28 heavy (non-hydrogen) atoms. The van der Waals surface area contributed by atoms with Crippen molar-refractivity contribution in [2.45, 2.75) is 63.5 Å². The fourth-order valence-corrected chi connectivity index (χ4v) is 3.77. The molecule has 1 fully saturated rings. The van der Waals surface area contributed by atoms with Gasteiger partial charge in [-0.3, -0.25) is 4.79 Å². The first kappa shape index (κ1) is 20.5. The van der Waals surface area contributed by atoms with Crippen LogP contribution in [-0.2, 0) is 6.42 Å². The second kappa shape index (κ2) is 10.3. The summed E-state index contributed by atoms with van der Waals surface area (Å²) in [5, 5.41) is 34.0. The van der Waals surface area contributed by atoms with Crippen molar-refractivity contribution in [3.05, 3.63) is 29.9 Å². The molecule has 0 aromatic carbocycles. The van der Waals surface area contributed by atoms with Gasteiger partial charge in [0.15, 0.2) is 0 Å². The largest absolute Gasteiger partial charge is 0.394 e. The Hall–Kier alpha value is -2.26. The van der Waals surface area contributed by atoms with Gasteiger partial charge in [-0.25, -0.2) is 4.68 Å². The standard InChI is InChI=1S/C19H29N5O4.H2/c25-12-15(21-19(27)18-8-9-20-28-18)6-7-17(13-26)24-11-16(22-23-24)10-14-4-2-1-3-5-14;/h8-9,11,14-15,17,25-26H,1-7,10,12-13H2,(H,21,27);1H/t15-,17-;/m1./s1. The second-order valence-electron chi connectivity index (χ2n) is 7.54. The molecule has 2 aromatic heterocycles. The molecule has 0 saturated heterocycles. The van der Waals surface area contributed by atoms with Crippen LogP contribution in [0.3, 0.4) is 0 Å². The molecule has 0 unspecified atom stereocenters. The van der Waals surface area contributed by atoms with Gasteiger partial charge in [0.25, 0.3) is 5.91 Å². The van der Waals surface area contributed by atoms with E-state index in [0.29, 0.717) is 18.8 Å². The van der Waals surface area contributed by atoms with Crippen molar-refractivity contribution in [1.29, 1.82) is 0 Å². The SMILES string of the molecule is O=C(N[C@@H](CO)CC[C@H](CO)n1cc(CC2CCCCC2)nn1)c1ccno1.[HH]. The molecule has 2 aromatic rings. The zero-order valence-electron chi connectivity index (χ0n) is 16.0. The molecule has 2 heterocycles. The predicted octanol–water partition coefficient (Wildman–Crippen LogP) is 1.74. The van der Waals surface area contributed by atoms with Crippen LogP contribution in [0.5, 0.6) is 0 Å². The molecule has 0 radical (unpaired) electrons. The number of carbonyl (C=O) groups excluding carboxylic acids is 1. The van der Waals surface area contributed by atoms with E-state index in [0.717, 1.165) is 12.1 Å². The fourth-order valence-electron chi connectivity index (χ4n) is 3.77. The van der Waals surface area contributed by atoms with Crippen LogP contribution < -0.4 is 5.32 Å². The number of aromatic nitrogens is 4. The van der Waals surface area contributed by atoms with E-state index >= 15 is 0 Å². The van der Waals surface area contributed by atoms with Crippen LogP contribution in [0, 0.1) is 5.92 Å². The molecular formula is C19H31N5O4. The van der Waals surface area contributed by atoms with Crippen LogP contribution in [0.25, 0.3) is 0 Å². The first-order valence-corrected chi connectivity index (χ1v) is 10.0. The van der Waals surface area contributed by atoms with Crippen molar-refractivity contribution >= 4 is 5.91 Å². The maximum atomic E-state index is 12.0. The normalized spacial score (nSPS) is 17.4. The highest BCUT2D eigenvalue weighted by atomic mass is 16.5. The zero-order valence-corrected chi connectivity index (χ0v) is 16.0. The molecule has 9 nitrogen and oxygen atoms in total. The van der Waals surface area contributed by atoms with Crippen molar-refractivity contribution in [2.75, 3.05) is 13.2 Å². The maximum Gasteiger partial charge on any atom is 0.290 e. The number of rotatable bonds is 10. The van der Waals surface area contributed by atoms with Crippen molar-refractivity contribution in [1.82, 2.24) is 25.5 Å². The van der Waals surface area contributed by atoms with Gasteiger partial charge in [0.2, 0.25) is 5.76 Å². The van der Waals surface area contributed by atoms with E-state index in [1.807, 2.05) is 6.20 Å². The van der Waals surface area contributed by atoms with Gasteiger partial charge in [-0.2, -0.15) is 0 Å². The number of nitrogens with one attached hydrogen (secondary N) is 1. The first-order chi connectivity index (χ1) is 13.7. The van der Waals surface area contributed by atoms with Gasteiger partial charge in [0.1, 0.15) is 0 Å². The number of carbonyl (C=O) groups is 1. The molecular weight excluding hydrogens is 362 g/mol. The van der Waals surface area contributed by atoms with E-state index < -0.39 is 11.9 Å². The monoisotopic (exact) mass is 393 g/mol. The van der Waals surface area contributed by atoms with Crippen LogP contribution in [0.1, 0.15) is 68.7 Å². The third-order valence-electron chi connectivity index (χ3n) is 5.43. The van der Waals surface area contributed by atoms with E-state index in [2.05, 4.69) is 20.8 Å². The summed E-state index contributed by atoms with van der Waals surface area (Å²) < 4.78 is 6.52. The molecule has 3 N–H and O–H groups in total. The number of aliphatic hydroxyl groups is 2. The molecule has 1 saturated carbocycles. The number of amides is 1. The summed E-state index contributed by atoms with van der Waals surface area (Å²) in [5.41, 5.74) is 0.961. The summed E-state index contributed by atoms with van der Waals surface area (Å²) in [5.74, 6) is 0.352. The highest BCUT2D eigenvalue weighted by molar-refractivity contribution is 5.91. The van der Waals surface area contributed by atoms with E-state index in [4.69, 9.17) is 4.52 Å². The molecule has 0 bridgehead atoms. The third-order valence-corrected chi connectivity index (χ3v) is 5.43. The Bertz CT molecular complexity index is 718. The molecule has 1 amide bonds. The summed E-state index contributed by atoms with van der Waals surface area (Å²) in [7, 11) is 0. The lowest BCUT2D eigenvalue weighted by atomic mass is 9.86. The van der Waals surface area contributed by atoms with E-state index in [1.165, 1.54) is 44.4 Å². The van der Waals surface area contributed by atoms with Gasteiger partial charge < -0.3 is 20.1 Å². The van der Waals surface area contributed by atoms with Crippen LogP contribution in [0.15, 0.2) is 23.0 Å². The maximum absolute atomic E-state index is 12.0. The highest BCUT2D eigenvalue weighted by Gasteiger charge is 2.20. The zero-order chi connectivity index (χ0) is 19.8. The lowest BCUT2D eigenvalue weighted by Gasteiger charge is -2.20. The topological polar surface area (TPSA) is 126 Å². The Morgan fingerprint density at radius 3 is 2.79 bits per heavy atom.